The van der Waals surface area contributed by atoms with E-state index in [-0.39, 0.29) is 12.5 Å². The molecule has 0 rings (SSSR count). The molecule has 0 aromatic heterocycles. The molecular weight excluding hydrogens is 823 g/mol. The van der Waals surface area contributed by atoms with Crippen LogP contribution in [0.25, 0.3) is 0 Å². The molecule has 0 aliphatic heterocycles. The van der Waals surface area contributed by atoms with Crippen LogP contribution in [0.15, 0.2) is 24.3 Å². The van der Waals surface area contributed by atoms with Gasteiger partial charge in [0.05, 0.1) is 18.8 Å². The summed E-state index contributed by atoms with van der Waals surface area (Å²) in [5.74, 6) is -0.138. The van der Waals surface area contributed by atoms with Gasteiger partial charge in [0.2, 0.25) is 5.91 Å². The summed E-state index contributed by atoms with van der Waals surface area (Å²) in [6.07, 6.45) is 73.5. The molecule has 0 heterocycles. The number of aliphatic hydroxyl groups excluding tert-OH is 3. The molecule has 4 N–H and O–H groups in total. The number of aliphatic hydroxyl groups is 3. The van der Waals surface area contributed by atoms with E-state index < -0.39 is 18.2 Å². The Hall–Kier alpha value is -1.17. The van der Waals surface area contributed by atoms with Gasteiger partial charge in [0.15, 0.2) is 0 Å². The molecule has 5 heteroatoms. The van der Waals surface area contributed by atoms with Crippen LogP contribution in [0, 0.1) is 0 Å². The van der Waals surface area contributed by atoms with E-state index in [0.717, 1.165) is 38.5 Å². The maximum Gasteiger partial charge on any atom is 0.220 e. The van der Waals surface area contributed by atoms with Gasteiger partial charge in [-0.25, -0.2) is 0 Å². The van der Waals surface area contributed by atoms with E-state index in [2.05, 4.69) is 43.5 Å². The van der Waals surface area contributed by atoms with E-state index in [0.29, 0.717) is 12.8 Å². The molecule has 0 fully saturated rings. The molecule has 0 aliphatic rings. The largest absolute Gasteiger partial charge is 0.394 e. The first-order valence-corrected chi connectivity index (χ1v) is 30.6. The van der Waals surface area contributed by atoms with Crippen molar-refractivity contribution in [1.82, 2.24) is 5.32 Å². The van der Waals surface area contributed by atoms with Crippen molar-refractivity contribution in [3.63, 3.8) is 0 Å². The van der Waals surface area contributed by atoms with E-state index in [9.17, 15) is 20.1 Å². The number of hydrogen-bond acceptors (Lipinski definition) is 4. The van der Waals surface area contributed by atoms with E-state index in [1.807, 2.05) is 0 Å². The predicted molar refractivity (Wildman–Crippen MR) is 296 cm³/mol. The molecule has 5 nitrogen and oxygen atoms in total. The predicted octanol–water partition coefficient (Wildman–Crippen LogP) is 19.2. The highest BCUT2D eigenvalue weighted by molar-refractivity contribution is 5.76. The minimum absolute atomic E-state index is 0.138. The molecule has 0 aromatic carbocycles. The maximum absolute atomic E-state index is 12.5. The molecule has 67 heavy (non-hydrogen) atoms. The van der Waals surface area contributed by atoms with Crippen LogP contribution in [0.2, 0.25) is 0 Å². The maximum atomic E-state index is 12.5. The molecule has 0 saturated heterocycles. The summed E-state index contributed by atoms with van der Waals surface area (Å²) in [7, 11) is 0. The number of carbonyl (C=O) groups excluding carboxylic acids is 1. The minimum atomic E-state index is -1.14. The van der Waals surface area contributed by atoms with Gasteiger partial charge in [0, 0.05) is 6.42 Å². The number of carbonyl (C=O) groups is 1. The fraction of sp³-hybridized carbons (Fsp3) is 0.919. The van der Waals surface area contributed by atoms with Gasteiger partial charge in [0.25, 0.3) is 0 Å². The van der Waals surface area contributed by atoms with Crippen molar-refractivity contribution in [3.05, 3.63) is 24.3 Å². The van der Waals surface area contributed by atoms with Gasteiger partial charge < -0.3 is 20.6 Å². The van der Waals surface area contributed by atoms with Gasteiger partial charge in [-0.2, -0.15) is 0 Å². The first kappa shape index (κ1) is 65.8. The SMILES string of the molecule is CCCCCCCCCCC/C=C\C/C=C\CCCCCCCCCCCCCCCCCCCC(=O)NC(CO)C(O)C(O)CCCCCCCCCCCCCCCCCCCCCC. The van der Waals surface area contributed by atoms with Crippen molar-refractivity contribution < 1.29 is 20.1 Å². The fourth-order valence-corrected chi connectivity index (χ4v) is 9.84. The van der Waals surface area contributed by atoms with Gasteiger partial charge >= 0.3 is 0 Å². The highest BCUT2D eigenvalue weighted by Crippen LogP contribution is 2.18. The van der Waals surface area contributed by atoms with Gasteiger partial charge in [-0.05, 0) is 44.9 Å². The quantitative estimate of drug-likeness (QED) is 0.0361. The molecule has 3 atom stereocenters. The molecular formula is C62H121NO4. The van der Waals surface area contributed by atoms with Gasteiger partial charge in [0.1, 0.15) is 6.10 Å². The zero-order valence-corrected chi connectivity index (χ0v) is 45.6. The summed E-state index contributed by atoms with van der Waals surface area (Å²) in [4.78, 5) is 12.5. The molecule has 0 saturated carbocycles. The number of hydrogen-bond donors (Lipinski definition) is 4. The van der Waals surface area contributed by atoms with Crippen LogP contribution < -0.4 is 5.32 Å². The van der Waals surface area contributed by atoms with Crippen LogP contribution in [0.1, 0.15) is 341 Å². The summed E-state index contributed by atoms with van der Waals surface area (Å²) in [5, 5.41) is 33.8. The number of nitrogens with one attached hydrogen (secondary N) is 1. The Kier molecular flexibility index (Phi) is 56.4. The minimum Gasteiger partial charge on any atom is -0.394 e. The van der Waals surface area contributed by atoms with E-state index in [1.54, 1.807) is 0 Å². The summed E-state index contributed by atoms with van der Waals surface area (Å²) >= 11 is 0. The third kappa shape index (κ3) is 52.5. The van der Waals surface area contributed by atoms with Crippen molar-refractivity contribution in [2.24, 2.45) is 0 Å². The molecule has 0 bridgehead atoms. The molecule has 0 aromatic rings. The normalized spacial score (nSPS) is 13.3. The number of rotatable bonds is 57. The van der Waals surface area contributed by atoms with Gasteiger partial charge in [-0.15, -0.1) is 0 Å². The lowest BCUT2D eigenvalue weighted by atomic mass is 9.99. The monoisotopic (exact) mass is 944 g/mol. The molecule has 398 valence electrons. The lowest BCUT2D eigenvalue weighted by Gasteiger charge is -2.26. The van der Waals surface area contributed by atoms with E-state index >= 15 is 0 Å². The second kappa shape index (κ2) is 57.4. The third-order valence-electron chi connectivity index (χ3n) is 14.6. The second-order valence-corrected chi connectivity index (χ2v) is 21.3. The molecule has 0 aliphatic carbocycles. The van der Waals surface area contributed by atoms with Crippen LogP contribution in [0.3, 0.4) is 0 Å². The summed E-state index contributed by atoms with van der Waals surface area (Å²) < 4.78 is 0. The van der Waals surface area contributed by atoms with Crippen LogP contribution >= 0.6 is 0 Å². The Bertz CT molecular complexity index is 998. The van der Waals surface area contributed by atoms with Crippen molar-refractivity contribution in [2.75, 3.05) is 6.61 Å². The topological polar surface area (TPSA) is 89.8 Å². The number of amides is 1. The summed E-state index contributed by atoms with van der Waals surface area (Å²) in [6.45, 7) is 4.22. The molecule has 1 amide bonds. The standard InChI is InChI=1S/C62H121NO4/c1-3-5-7-9-11-13-15-17-19-21-23-25-26-27-28-29-30-31-32-33-34-35-36-37-39-41-43-45-47-49-51-53-55-57-61(66)63-59(58-64)62(67)60(65)56-54-52-50-48-46-44-42-40-38-24-22-20-18-16-14-12-10-8-6-4-2/h23,25,27-28,59-60,62,64-65,67H,3-22,24,26,29-58H2,1-2H3,(H,63,66)/b25-23-,28-27-. The van der Waals surface area contributed by atoms with Crippen molar-refractivity contribution in [1.29, 1.82) is 0 Å². The van der Waals surface area contributed by atoms with Crippen LogP contribution in [-0.4, -0.2) is 46.1 Å². The zero-order valence-electron chi connectivity index (χ0n) is 45.6. The molecule has 0 radical (unpaired) electrons. The summed E-state index contributed by atoms with van der Waals surface area (Å²) in [5.41, 5.74) is 0. The van der Waals surface area contributed by atoms with Crippen LogP contribution in [0.4, 0.5) is 0 Å². The Labute approximate surface area is 420 Å². The zero-order chi connectivity index (χ0) is 48.6. The third-order valence-corrected chi connectivity index (χ3v) is 14.6. The number of unbranched alkanes of at least 4 members (excludes halogenated alkanes) is 45. The Balaban J connectivity index is 3.49. The van der Waals surface area contributed by atoms with Crippen LogP contribution in [0.5, 0.6) is 0 Å². The van der Waals surface area contributed by atoms with E-state index in [1.165, 1.54) is 276 Å². The fourth-order valence-electron chi connectivity index (χ4n) is 9.84. The smallest absolute Gasteiger partial charge is 0.220 e. The van der Waals surface area contributed by atoms with Crippen LogP contribution in [-0.2, 0) is 4.79 Å². The molecule has 3 unspecified atom stereocenters. The van der Waals surface area contributed by atoms with E-state index in [4.69, 9.17) is 0 Å². The lowest BCUT2D eigenvalue weighted by molar-refractivity contribution is -0.124. The highest BCUT2D eigenvalue weighted by Gasteiger charge is 2.26. The first-order chi connectivity index (χ1) is 33.1. The van der Waals surface area contributed by atoms with Crippen molar-refractivity contribution >= 4 is 5.91 Å². The van der Waals surface area contributed by atoms with Crippen molar-refractivity contribution in [3.8, 4) is 0 Å². The molecule has 0 spiro atoms. The first-order valence-electron chi connectivity index (χ1n) is 30.6. The highest BCUT2D eigenvalue weighted by atomic mass is 16.3. The average molecular weight is 945 g/mol. The van der Waals surface area contributed by atoms with Crippen molar-refractivity contribution in [2.45, 2.75) is 360 Å². The number of allylic oxidation sites excluding steroid dienone is 4. The average Bonchev–Trinajstić information content (AvgIpc) is 3.33. The Morgan fingerprint density at radius 2 is 0.642 bits per heavy atom. The second-order valence-electron chi connectivity index (χ2n) is 21.3. The Morgan fingerprint density at radius 1 is 0.373 bits per heavy atom. The lowest BCUT2D eigenvalue weighted by Crippen LogP contribution is -2.50. The van der Waals surface area contributed by atoms with Gasteiger partial charge in [-0.3, -0.25) is 4.79 Å². The summed E-state index contributed by atoms with van der Waals surface area (Å²) in [6, 6.07) is -0.808. The van der Waals surface area contributed by atoms with Gasteiger partial charge in [-0.1, -0.05) is 314 Å². The Morgan fingerprint density at radius 3 is 0.940 bits per heavy atom.